The third-order valence-electron chi connectivity index (χ3n) is 4.49. The molecule has 0 bridgehead atoms. The van der Waals surface area contributed by atoms with Gasteiger partial charge in [0.25, 0.3) is 0 Å². The van der Waals surface area contributed by atoms with Gasteiger partial charge in [-0.1, -0.05) is 24.3 Å². The summed E-state index contributed by atoms with van der Waals surface area (Å²) in [5.41, 5.74) is 1.59. The Morgan fingerprint density at radius 3 is 2.24 bits per heavy atom. The molecule has 1 saturated heterocycles. The molecule has 0 aromatic heterocycles. The Bertz CT molecular complexity index is 727. The normalized spacial score (nSPS) is 15.9. The van der Waals surface area contributed by atoms with E-state index in [9.17, 15) is 13.6 Å². The van der Waals surface area contributed by atoms with E-state index in [1.54, 1.807) is 24.3 Å². The van der Waals surface area contributed by atoms with E-state index in [1.807, 2.05) is 6.07 Å². The Morgan fingerprint density at radius 1 is 1.00 bits per heavy atom. The lowest BCUT2D eigenvalue weighted by Gasteiger charge is -2.30. The van der Waals surface area contributed by atoms with Crippen molar-refractivity contribution in [3.8, 4) is 0 Å². The van der Waals surface area contributed by atoms with Gasteiger partial charge in [0.2, 0.25) is 0 Å². The van der Waals surface area contributed by atoms with E-state index in [0.29, 0.717) is 12.1 Å². The molecule has 0 unspecified atom stereocenters. The number of carbonyl (C=O) groups excluding carboxylic acids is 1. The van der Waals surface area contributed by atoms with Gasteiger partial charge in [-0.15, -0.1) is 0 Å². The zero-order chi connectivity index (χ0) is 17.6. The summed E-state index contributed by atoms with van der Waals surface area (Å²) in [4.78, 5) is 14.4. The first kappa shape index (κ1) is 17.5. The van der Waals surface area contributed by atoms with Crippen LogP contribution in [0.1, 0.15) is 24.0 Å². The fourth-order valence-corrected chi connectivity index (χ4v) is 3.12. The zero-order valence-electron chi connectivity index (χ0n) is 14.0. The van der Waals surface area contributed by atoms with Crippen molar-refractivity contribution in [3.63, 3.8) is 0 Å². The summed E-state index contributed by atoms with van der Waals surface area (Å²) in [6.07, 6.45) is 1.44. The minimum absolute atomic E-state index is 0.0973. The highest BCUT2D eigenvalue weighted by molar-refractivity contribution is 5.72. The van der Waals surface area contributed by atoms with Crippen molar-refractivity contribution in [2.75, 3.05) is 13.1 Å². The average Bonchev–Trinajstić information content (AvgIpc) is 2.60. The summed E-state index contributed by atoms with van der Waals surface area (Å²) < 4.78 is 31.7. The number of hydrogen-bond donors (Lipinski definition) is 0. The van der Waals surface area contributed by atoms with Gasteiger partial charge in [-0.2, -0.15) is 0 Å². The molecule has 0 N–H and O–H groups in total. The fourth-order valence-electron chi connectivity index (χ4n) is 3.12. The summed E-state index contributed by atoms with van der Waals surface area (Å²) in [5, 5.41) is 0. The Morgan fingerprint density at radius 2 is 1.60 bits per heavy atom. The van der Waals surface area contributed by atoms with Gasteiger partial charge in [-0.3, -0.25) is 9.69 Å². The SMILES string of the molecule is O=C(OCc1cccc(F)c1)C1CCN(Cc2cccc(F)c2)CC1. The molecule has 25 heavy (non-hydrogen) atoms. The maximum Gasteiger partial charge on any atom is 0.309 e. The highest BCUT2D eigenvalue weighted by atomic mass is 19.1. The monoisotopic (exact) mass is 345 g/mol. The molecule has 0 amide bonds. The van der Waals surface area contributed by atoms with Crippen LogP contribution in [0.4, 0.5) is 8.78 Å². The molecule has 0 saturated carbocycles. The minimum atomic E-state index is -0.334. The second-order valence-corrected chi connectivity index (χ2v) is 6.42. The first-order valence-electron chi connectivity index (χ1n) is 8.48. The van der Waals surface area contributed by atoms with Crippen LogP contribution in [0.3, 0.4) is 0 Å². The Hall–Kier alpha value is -2.27. The molecule has 2 aromatic rings. The van der Waals surface area contributed by atoms with E-state index in [4.69, 9.17) is 4.74 Å². The average molecular weight is 345 g/mol. The number of ether oxygens (including phenoxy) is 1. The summed E-state index contributed by atoms with van der Waals surface area (Å²) in [7, 11) is 0. The van der Waals surface area contributed by atoms with E-state index < -0.39 is 0 Å². The molecule has 132 valence electrons. The van der Waals surface area contributed by atoms with E-state index in [0.717, 1.165) is 31.5 Å². The molecule has 1 fully saturated rings. The van der Waals surface area contributed by atoms with Crippen LogP contribution in [-0.2, 0) is 22.7 Å². The van der Waals surface area contributed by atoms with Gasteiger partial charge in [0.15, 0.2) is 0 Å². The van der Waals surface area contributed by atoms with Crippen LogP contribution in [0, 0.1) is 17.6 Å². The number of hydrogen-bond acceptors (Lipinski definition) is 3. The lowest BCUT2D eigenvalue weighted by Crippen LogP contribution is -2.36. The van der Waals surface area contributed by atoms with E-state index >= 15 is 0 Å². The van der Waals surface area contributed by atoms with Crippen molar-refractivity contribution in [2.45, 2.75) is 26.0 Å². The first-order valence-corrected chi connectivity index (χ1v) is 8.48. The van der Waals surface area contributed by atoms with Crippen LogP contribution in [-0.4, -0.2) is 24.0 Å². The number of carbonyl (C=O) groups is 1. The number of esters is 1. The van der Waals surface area contributed by atoms with Crippen molar-refractivity contribution in [1.82, 2.24) is 4.90 Å². The molecule has 0 atom stereocenters. The van der Waals surface area contributed by atoms with Crippen LogP contribution in [0.2, 0.25) is 0 Å². The van der Waals surface area contributed by atoms with Gasteiger partial charge < -0.3 is 4.74 Å². The molecule has 0 spiro atoms. The molecule has 3 rings (SSSR count). The molecule has 1 heterocycles. The molecule has 0 radical (unpaired) electrons. The van der Waals surface area contributed by atoms with E-state index in [2.05, 4.69) is 4.90 Å². The van der Waals surface area contributed by atoms with Gasteiger partial charge >= 0.3 is 5.97 Å². The molecule has 2 aromatic carbocycles. The predicted molar refractivity (Wildman–Crippen MR) is 90.6 cm³/mol. The standard InChI is InChI=1S/C20H21F2NO2/c21-18-5-1-3-15(11-18)13-23-9-7-17(8-10-23)20(24)25-14-16-4-2-6-19(22)12-16/h1-6,11-12,17H,7-10,13-14H2. The van der Waals surface area contributed by atoms with Crippen molar-refractivity contribution in [1.29, 1.82) is 0 Å². The predicted octanol–water partition coefficient (Wildman–Crippen LogP) is 3.92. The molecule has 1 aliphatic rings. The van der Waals surface area contributed by atoms with Gasteiger partial charge in [0.1, 0.15) is 18.2 Å². The van der Waals surface area contributed by atoms with Crippen molar-refractivity contribution < 1.29 is 18.3 Å². The first-order chi connectivity index (χ1) is 12.1. The Kier molecular flexibility index (Phi) is 5.76. The van der Waals surface area contributed by atoms with Crippen LogP contribution in [0.15, 0.2) is 48.5 Å². The summed E-state index contributed by atoms with van der Waals surface area (Å²) in [5.74, 6) is -0.917. The molecule has 5 heteroatoms. The van der Waals surface area contributed by atoms with Gasteiger partial charge in [-0.25, -0.2) is 8.78 Å². The smallest absolute Gasteiger partial charge is 0.309 e. The van der Waals surface area contributed by atoms with Crippen LogP contribution in [0.25, 0.3) is 0 Å². The van der Waals surface area contributed by atoms with Crippen LogP contribution >= 0.6 is 0 Å². The molecule has 1 aliphatic heterocycles. The van der Waals surface area contributed by atoms with E-state index in [-0.39, 0.29) is 30.1 Å². The van der Waals surface area contributed by atoms with Crippen LogP contribution in [0.5, 0.6) is 0 Å². The topological polar surface area (TPSA) is 29.5 Å². The summed E-state index contributed by atoms with van der Waals surface area (Å²) in [6, 6.07) is 12.7. The third-order valence-corrected chi connectivity index (χ3v) is 4.49. The van der Waals surface area contributed by atoms with Crippen molar-refractivity contribution in [3.05, 3.63) is 71.3 Å². The largest absolute Gasteiger partial charge is 0.461 e. The molecular weight excluding hydrogens is 324 g/mol. The van der Waals surface area contributed by atoms with Crippen molar-refractivity contribution in [2.24, 2.45) is 5.92 Å². The lowest BCUT2D eigenvalue weighted by molar-refractivity contribution is -0.151. The fraction of sp³-hybridized carbons (Fsp3) is 0.350. The minimum Gasteiger partial charge on any atom is -0.461 e. The molecule has 0 aliphatic carbocycles. The molecule has 3 nitrogen and oxygen atoms in total. The second kappa shape index (κ2) is 8.21. The number of rotatable bonds is 5. The maximum absolute atomic E-state index is 13.2. The third kappa shape index (κ3) is 5.10. The number of halogens is 2. The number of piperidine rings is 1. The highest BCUT2D eigenvalue weighted by Crippen LogP contribution is 2.21. The summed E-state index contributed by atoms with van der Waals surface area (Å²) >= 11 is 0. The second-order valence-electron chi connectivity index (χ2n) is 6.42. The number of nitrogens with zero attached hydrogens (tertiary/aromatic N) is 1. The van der Waals surface area contributed by atoms with Gasteiger partial charge in [-0.05, 0) is 61.3 Å². The number of likely N-dealkylation sites (tertiary alicyclic amines) is 1. The summed E-state index contributed by atoms with van der Waals surface area (Å²) in [6.45, 7) is 2.33. The Labute approximate surface area is 146 Å². The quantitative estimate of drug-likeness (QED) is 0.769. The number of benzene rings is 2. The van der Waals surface area contributed by atoms with Gasteiger partial charge in [0.05, 0.1) is 5.92 Å². The maximum atomic E-state index is 13.2. The van der Waals surface area contributed by atoms with Crippen molar-refractivity contribution >= 4 is 5.97 Å². The van der Waals surface area contributed by atoms with Gasteiger partial charge in [0, 0.05) is 6.54 Å². The lowest BCUT2D eigenvalue weighted by atomic mass is 9.96. The highest BCUT2D eigenvalue weighted by Gasteiger charge is 2.26. The zero-order valence-corrected chi connectivity index (χ0v) is 14.0. The Balaban J connectivity index is 1.44. The van der Waals surface area contributed by atoms with Crippen LogP contribution < -0.4 is 0 Å². The van der Waals surface area contributed by atoms with E-state index in [1.165, 1.54) is 18.2 Å². The molecular formula is C20H21F2NO2.